The number of rotatable bonds is 7. The van der Waals surface area contributed by atoms with Crippen molar-refractivity contribution in [2.75, 3.05) is 0 Å². The molecule has 0 N–H and O–H groups in total. The minimum atomic E-state index is -2.91. The monoisotopic (exact) mass is 338 g/mol. The lowest BCUT2D eigenvalue weighted by atomic mass is 9.89. The number of alkyl halides is 2. The number of halogens is 3. The predicted molar refractivity (Wildman–Crippen MR) is 86.3 cm³/mol. The molecule has 0 spiro atoms. The Hall–Kier alpha value is -1.94. The number of ether oxygens (including phenoxy) is 1. The fraction of sp³-hybridized carbons (Fsp3) is 0.278. The topological polar surface area (TPSA) is 26.3 Å². The molecule has 0 saturated carbocycles. The van der Waals surface area contributed by atoms with Crippen LogP contribution in [-0.4, -0.2) is 12.4 Å². The van der Waals surface area contributed by atoms with Crippen LogP contribution in [0.4, 0.5) is 8.78 Å². The lowest BCUT2D eigenvalue weighted by Gasteiger charge is -2.15. The van der Waals surface area contributed by atoms with Gasteiger partial charge in [0.2, 0.25) is 0 Å². The number of ketones is 1. The van der Waals surface area contributed by atoms with Crippen LogP contribution >= 0.6 is 11.6 Å². The molecule has 2 nitrogen and oxygen atoms in total. The van der Waals surface area contributed by atoms with E-state index in [0.717, 1.165) is 5.56 Å². The van der Waals surface area contributed by atoms with Gasteiger partial charge in [0.1, 0.15) is 5.75 Å². The molecule has 0 aromatic heterocycles. The molecule has 0 amide bonds. The fourth-order valence-electron chi connectivity index (χ4n) is 2.39. The van der Waals surface area contributed by atoms with Crippen molar-refractivity contribution in [3.63, 3.8) is 0 Å². The van der Waals surface area contributed by atoms with E-state index in [0.29, 0.717) is 23.4 Å². The molecule has 0 fully saturated rings. The van der Waals surface area contributed by atoms with Crippen molar-refractivity contribution in [2.24, 2.45) is 5.92 Å². The Bertz CT molecular complexity index is 656. The smallest absolute Gasteiger partial charge is 0.387 e. The van der Waals surface area contributed by atoms with Crippen molar-refractivity contribution in [1.82, 2.24) is 0 Å². The van der Waals surface area contributed by atoms with Crippen molar-refractivity contribution in [1.29, 1.82) is 0 Å². The zero-order valence-electron chi connectivity index (χ0n) is 12.6. The highest BCUT2D eigenvalue weighted by Gasteiger charge is 2.19. The second-order valence-corrected chi connectivity index (χ2v) is 5.64. The summed E-state index contributed by atoms with van der Waals surface area (Å²) in [4.78, 5) is 12.6. The molecule has 1 atom stereocenters. The van der Waals surface area contributed by atoms with E-state index in [9.17, 15) is 13.6 Å². The number of hydrogen-bond donors (Lipinski definition) is 0. The van der Waals surface area contributed by atoms with Crippen LogP contribution in [0.25, 0.3) is 0 Å². The van der Waals surface area contributed by atoms with E-state index in [2.05, 4.69) is 4.74 Å². The number of carbonyl (C=O) groups excluding carboxylic acids is 1. The third-order valence-corrected chi connectivity index (χ3v) is 3.85. The van der Waals surface area contributed by atoms with Gasteiger partial charge in [0.05, 0.1) is 0 Å². The van der Waals surface area contributed by atoms with Gasteiger partial charge in [-0.05, 0) is 42.7 Å². The summed E-state index contributed by atoms with van der Waals surface area (Å²) in [5.74, 6) is -0.313. The van der Waals surface area contributed by atoms with Crippen LogP contribution < -0.4 is 4.74 Å². The van der Waals surface area contributed by atoms with Crippen LogP contribution in [0.2, 0.25) is 5.02 Å². The summed E-state index contributed by atoms with van der Waals surface area (Å²) in [6.45, 7) is -0.978. The van der Waals surface area contributed by atoms with Gasteiger partial charge in [0.15, 0.2) is 5.78 Å². The highest BCUT2D eigenvalue weighted by atomic mass is 35.5. The van der Waals surface area contributed by atoms with Crippen molar-refractivity contribution in [2.45, 2.75) is 26.4 Å². The number of benzene rings is 2. The van der Waals surface area contributed by atoms with Gasteiger partial charge in [-0.25, -0.2) is 0 Å². The van der Waals surface area contributed by atoms with Gasteiger partial charge in [0, 0.05) is 16.5 Å². The summed E-state index contributed by atoms with van der Waals surface area (Å²) in [7, 11) is 0. The molecular formula is C18H17ClF2O2. The van der Waals surface area contributed by atoms with E-state index in [1.807, 2.05) is 19.1 Å². The highest BCUT2D eigenvalue weighted by molar-refractivity contribution is 6.30. The maximum Gasteiger partial charge on any atom is 0.387 e. The van der Waals surface area contributed by atoms with Crippen molar-refractivity contribution >= 4 is 17.4 Å². The molecular weight excluding hydrogens is 322 g/mol. The molecule has 23 heavy (non-hydrogen) atoms. The second kappa shape index (κ2) is 8.06. The molecule has 1 unspecified atom stereocenters. The first kappa shape index (κ1) is 17.4. The molecule has 0 aliphatic heterocycles. The summed E-state index contributed by atoms with van der Waals surface area (Å²) >= 11 is 5.86. The van der Waals surface area contributed by atoms with Gasteiger partial charge in [-0.15, -0.1) is 0 Å². The Morgan fingerprint density at radius 1 is 1.17 bits per heavy atom. The third-order valence-electron chi connectivity index (χ3n) is 3.60. The molecule has 0 heterocycles. The van der Waals surface area contributed by atoms with E-state index in [4.69, 9.17) is 11.6 Å². The molecule has 0 bridgehead atoms. The van der Waals surface area contributed by atoms with Gasteiger partial charge >= 0.3 is 6.61 Å². The Morgan fingerprint density at radius 3 is 2.48 bits per heavy atom. The minimum Gasteiger partial charge on any atom is -0.435 e. The molecule has 122 valence electrons. The first-order valence-electron chi connectivity index (χ1n) is 7.33. The van der Waals surface area contributed by atoms with Gasteiger partial charge in [-0.2, -0.15) is 8.78 Å². The second-order valence-electron chi connectivity index (χ2n) is 5.21. The SMILES string of the molecule is CCC(Cc1ccc(Cl)cc1)C(=O)c1cccc(OC(F)F)c1. The molecule has 0 aliphatic rings. The van der Waals surface area contributed by atoms with Crippen LogP contribution in [0, 0.1) is 5.92 Å². The Kier molecular flexibility index (Phi) is 6.11. The Morgan fingerprint density at radius 2 is 1.87 bits per heavy atom. The van der Waals surface area contributed by atoms with Crippen LogP contribution in [0.1, 0.15) is 29.3 Å². The molecule has 0 aliphatic carbocycles. The van der Waals surface area contributed by atoms with Crippen LogP contribution in [0.5, 0.6) is 5.75 Å². The molecule has 5 heteroatoms. The summed E-state index contributed by atoms with van der Waals surface area (Å²) in [6.07, 6.45) is 1.23. The number of hydrogen-bond acceptors (Lipinski definition) is 2. The lowest BCUT2D eigenvalue weighted by molar-refractivity contribution is -0.0498. The third kappa shape index (κ3) is 5.03. The van der Waals surface area contributed by atoms with Gasteiger partial charge in [-0.1, -0.05) is 42.8 Å². The zero-order valence-corrected chi connectivity index (χ0v) is 13.4. The first-order chi connectivity index (χ1) is 11.0. The largest absolute Gasteiger partial charge is 0.435 e. The standard InChI is InChI=1S/C18H17ClF2O2/c1-2-13(10-12-6-8-15(19)9-7-12)17(22)14-4-3-5-16(11-14)23-18(20)21/h3-9,11,13,18H,2,10H2,1H3. The van der Waals surface area contributed by atoms with Gasteiger partial charge < -0.3 is 4.74 Å². The van der Waals surface area contributed by atoms with Crippen LogP contribution in [0.15, 0.2) is 48.5 Å². The summed E-state index contributed by atoms with van der Waals surface area (Å²) in [5, 5.41) is 0.643. The first-order valence-corrected chi connectivity index (χ1v) is 7.71. The quantitative estimate of drug-likeness (QED) is 0.632. The Labute approximate surface area is 139 Å². The van der Waals surface area contributed by atoms with Gasteiger partial charge in [-0.3, -0.25) is 4.79 Å². The molecule has 0 saturated heterocycles. The van der Waals surface area contributed by atoms with E-state index in [1.165, 1.54) is 12.1 Å². The molecule has 0 radical (unpaired) electrons. The normalized spacial score (nSPS) is 12.2. The summed E-state index contributed by atoms with van der Waals surface area (Å²) in [6, 6.07) is 13.3. The average molecular weight is 339 g/mol. The Balaban J connectivity index is 2.14. The molecule has 2 aromatic rings. The summed E-state index contributed by atoms with van der Waals surface area (Å²) in [5.41, 5.74) is 1.39. The van der Waals surface area contributed by atoms with E-state index in [-0.39, 0.29) is 17.5 Å². The maximum absolute atomic E-state index is 12.6. The zero-order chi connectivity index (χ0) is 16.8. The van der Waals surface area contributed by atoms with Crippen LogP contribution in [0.3, 0.4) is 0 Å². The van der Waals surface area contributed by atoms with E-state index >= 15 is 0 Å². The van der Waals surface area contributed by atoms with Gasteiger partial charge in [0.25, 0.3) is 0 Å². The van der Waals surface area contributed by atoms with Crippen molar-refractivity contribution in [3.05, 3.63) is 64.7 Å². The van der Waals surface area contributed by atoms with E-state index < -0.39 is 6.61 Å². The average Bonchev–Trinajstić information content (AvgIpc) is 2.53. The fourth-order valence-corrected chi connectivity index (χ4v) is 2.51. The van der Waals surface area contributed by atoms with E-state index in [1.54, 1.807) is 24.3 Å². The lowest BCUT2D eigenvalue weighted by Crippen LogP contribution is -2.17. The van der Waals surface area contributed by atoms with Crippen molar-refractivity contribution in [3.8, 4) is 5.75 Å². The minimum absolute atomic E-state index is 0.00723. The predicted octanol–water partition coefficient (Wildman–Crippen LogP) is 5.39. The summed E-state index contributed by atoms with van der Waals surface area (Å²) < 4.78 is 28.9. The molecule has 2 rings (SSSR count). The van der Waals surface area contributed by atoms with Crippen molar-refractivity contribution < 1.29 is 18.3 Å². The number of carbonyl (C=O) groups is 1. The van der Waals surface area contributed by atoms with Crippen LogP contribution in [-0.2, 0) is 6.42 Å². The maximum atomic E-state index is 12.6. The number of Topliss-reactive ketones (excluding diaryl/α,β-unsaturated/α-hetero) is 1. The molecule has 2 aromatic carbocycles. The highest BCUT2D eigenvalue weighted by Crippen LogP contribution is 2.22.